The number of rotatable bonds is 3. The topological polar surface area (TPSA) is 55.2 Å². The first kappa shape index (κ1) is 17.3. The normalized spacial score (nSPS) is 20.6. The SMILES string of the molecule is O=C(C1CSc2nccc(=O)n2C1)N1CCC(Cc2ccccc2)CC1. The van der Waals surface area contributed by atoms with Crippen molar-refractivity contribution in [2.75, 3.05) is 18.8 Å². The van der Waals surface area contributed by atoms with Gasteiger partial charge < -0.3 is 4.90 Å². The van der Waals surface area contributed by atoms with E-state index in [4.69, 9.17) is 0 Å². The van der Waals surface area contributed by atoms with E-state index in [1.54, 1.807) is 10.8 Å². The van der Waals surface area contributed by atoms with Crippen LogP contribution in [-0.2, 0) is 17.8 Å². The molecule has 0 N–H and O–H groups in total. The number of hydrogen-bond acceptors (Lipinski definition) is 4. The maximum atomic E-state index is 12.9. The third kappa shape index (κ3) is 3.70. The van der Waals surface area contributed by atoms with Gasteiger partial charge in [-0.3, -0.25) is 14.2 Å². The van der Waals surface area contributed by atoms with E-state index in [1.807, 2.05) is 11.0 Å². The molecule has 2 aliphatic rings. The minimum atomic E-state index is -0.125. The number of fused-ring (bicyclic) bond motifs is 1. The van der Waals surface area contributed by atoms with Gasteiger partial charge in [-0.05, 0) is 30.7 Å². The van der Waals surface area contributed by atoms with Crippen LogP contribution in [0.5, 0.6) is 0 Å². The summed E-state index contributed by atoms with van der Waals surface area (Å²) in [4.78, 5) is 31.2. The fraction of sp³-hybridized carbons (Fsp3) is 0.450. The molecule has 0 spiro atoms. The molecular weight excluding hydrogens is 346 g/mol. The van der Waals surface area contributed by atoms with Crippen molar-refractivity contribution in [2.45, 2.75) is 31.0 Å². The van der Waals surface area contributed by atoms with Gasteiger partial charge in [-0.15, -0.1) is 0 Å². The molecule has 2 aromatic rings. The molecular formula is C20H23N3O2S. The number of piperidine rings is 1. The summed E-state index contributed by atoms with van der Waals surface area (Å²) in [5, 5.41) is 0.725. The van der Waals surface area contributed by atoms with Crippen LogP contribution in [0.15, 0.2) is 52.5 Å². The van der Waals surface area contributed by atoms with Gasteiger partial charge in [0, 0.05) is 37.7 Å². The number of nitrogens with zero attached hydrogens (tertiary/aromatic N) is 3. The van der Waals surface area contributed by atoms with Crippen molar-refractivity contribution >= 4 is 17.7 Å². The summed E-state index contributed by atoms with van der Waals surface area (Å²) >= 11 is 1.51. The summed E-state index contributed by atoms with van der Waals surface area (Å²) < 4.78 is 1.64. The molecule has 1 saturated heterocycles. The number of thioether (sulfide) groups is 1. The molecule has 0 aliphatic carbocycles. The van der Waals surface area contributed by atoms with Crippen LogP contribution in [0.25, 0.3) is 0 Å². The number of likely N-dealkylation sites (tertiary alicyclic amines) is 1. The van der Waals surface area contributed by atoms with E-state index in [1.165, 1.54) is 23.4 Å². The standard InChI is InChI=1S/C20H23N3O2S/c24-18-6-9-21-20-23(18)13-17(14-26-20)19(25)22-10-7-16(8-11-22)12-15-4-2-1-3-5-15/h1-6,9,16-17H,7-8,10-14H2. The van der Waals surface area contributed by atoms with Gasteiger partial charge in [0.2, 0.25) is 5.91 Å². The third-order valence-electron chi connectivity index (χ3n) is 5.36. The molecule has 0 saturated carbocycles. The second kappa shape index (κ2) is 7.66. The molecule has 5 nitrogen and oxygen atoms in total. The molecule has 1 fully saturated rings. The Bertz CT molecular complexity index is 828. The van der Waals surface area contributed by atoms with Crippen molar-refractivity contribution in [3.05, 3.63) is 58.5 Å². The minimum absolute atomic E-state index is 0.0680. The lowest BCUT2D eigenvalue weighted by Gasteiger charge is -2.35. The first-order chi connectivity index (χ1) is 12.7. The van der Waals surface area contributed by atoms with Crippen LogP contribution in [-0.4, -0.2) is 39.2 Å². The zero-order valence-electron chi connectivity index (χ0n) is 14.7. The van der Waals surface area contributed by atoms with Crippen LogP contribution in [0.2, 0.25) is 0 Å². The monoisotopic (exact) mass is 369 g/mol. The van der Waals surface area contributed by atoms with Crippen molar-refractivity contribution in [2.24, 2.45) is 11.8 Å². The van der Waals surface area contributed by atoms with E-state index >= 15 is 0 Å². The smallest absolute Gasteiger partial charge is 0.254 e. The molecule has 1 aromatic carbocycles. The molecule has 4 rings (SSSR count). The average Bonchev–Trinajstić information content (AvgIpc) is 2.69. The first-order valence-electron chi connectivity index (χ1n) is 9.22. The van der Waals surface area contributed by atoms with Crippen LogP contribution < -0.4 is 5.56 Å². The van der Waals surface area contributed by atoms with Crippen LogP contribution in [0.3, 0.4) is 0 Å². The van der Waals surface area contributed by atoms with E-state index in [-0.39, 0.29) is 17.4 Å². The lowest BCUT2D eigenvalue weighted by atomic mass is 9.90. The molecule has 1 amide bonds. The van der Waals surface area contributed by atoms with Gasteiger partial charge in [0.25, 0.3) is 5.56 Å². The van der Waals surface area contributed by atoms with Gasteiger partial charge in [-0.25, -0.2) is 4.98 Å². The minimum Gasteiger partial charge on any atom is -0.342 e. The molecule has 0 bridgehead atoms. The highest BCUT2D eigenvalue weighted by Crippen LogP contribution is 2.28. The Labute approximate surface area is 157 Å². The van der Waals surface area contributed by atoms with Gasteiger partial charge >= 0.3 is 0 Å². The maximum Gasteiger partial charge on any atom is 0.254 e. The fourth-order valence-electron chi connectivity index (χ4n) is 3.86. The van der Waals surface area contributed by atoms with Gasteiger partial charge in [-0.1, -0.05) is 42.1 Å². The van der Waals surface area contributed by atoms with Crippen LogP contribution in [0.4, 0.5) is 0 Å². The van der Waals surface area contributed by atoms with Crippen molar-refractivity contribution in [3.63, 3.8) is 0 Å². The number of carbonyl (C=O) groups is 1. The lowest BCUT2D eigenvalue weighted by Crippen LogP contribution is -2.45. The summed E-state index contributed by atoms with van der Waals surface area (Å²) in [6.07, 6.45) is 4.74. The largest absolute Gasteiger partial charge is 0.342 e. The summed E-state index contributed by atoms with van der Waals surface area (Å²) in [6, 6.07) is 12.0. The van der Waals surface area contributed by atoms with Crippen molar-refractivity contribution in [3.8, 4) is 0 Å². The predicted octanol–water partition coefficient (Wildman–Crippen LogP) is 2.45. The van der Waals surface area contributed by atoms with E-state index in [0.29, 0.717) is 18.2 Å². The van der Waals surface area contributed by atoms with Gasteiger partial charge in [-0.2, -0.15) is 0 Å². The summed E-state index contributed by atoms with van der Waals surface area (Å²) in [5.41, 5.74) is 1.31. The Morgan fingerprint density at radius 2 is 1.92 bits per heavy atom. The predicted molar refractivity (Wildman–Crippen MR) is 102 cm³/mol. The molecule has 1 unspecified atom stereocenters. The molecule has 3 heterocycles. The van der Waals surface area contributed by atoms with E-state index < -0.39 is 0 Å². The Morgan fingerprint density at radius 1 is 1.15 bits per heavy atom. The van der Waals surface area contributed by atoms with Gasteiger partial charge in [0.15, 0.2) is 5.16 Å². The molecule has 1 atom stereocenters. The second-order valence-corrected chi connectivity index (χ2v) is 8.13. The molecule has 2 aliphatic heterocycles. The highest BCUT2D eigenvalue weighted by molar-refractivity contribution is 7.99. The molecule has 0 radical (unpaired) electrons. The maximum absolute atomic E-state index is 12.9. The van der Waals surface area contributed by atoms with Crippen molar-refractivity contribution in [1.82, 2.24) is 14.5 Å². The average molecular weight is 369 g/mol. The zero-order chi connectivity index (χ0) is 17.9. The van der Waals surface area contributed by atoms with Gasteiger partial charge in [0.1, 0.15) is 0 Å². The molecule has 6 heteroatoms. The molecule has 136 valence electrons. The Hall–Kier alpha value is -2.08. The van der Waals surface area contributed by atoms with Crippen molar-refractivity contribution in [1.29, 1.82) is 0 Å². The Balaban J connectivity index is 1.34. The fourth-order valence-corrected chi connectivity index (χ4v) is 4.92. The number of hydrogen-bond donors (Lipinski definition) is 0. The Kier molecular flexibility index (Phi) is 5.11. The highest BCUT2D eigenvalue weighted by atomic mass is 32.2. The van der Waals surface area contributed by atoms with Gasteiger partial charge in [0.05, 0.1) is 5.92 Å². The number of amides is 1. The molecule has 26 heavy (non-hydrogen) atoms. The van der Waals surface area contributed by atoms with Crippen LogP contribution >= 0.6 is 11.8 Å². The van der Waals surface area contributed by atoms with E-state index in [2.05, 4.69) is 29.2 Å². The van der Waals surface area contributed by atoms with Crippen LogP contribution in [0.1, 0.15) is 18.4 Å². The molecule has 1 aromatic heterocycles. The quantitative estimate of drug-likeness (QED) is 0.780. The first-order valence-corrected chi connectivity index (χ1v) is 10.2. The summed E-state index contributed by atoms with van der Waals surface area (Å²) in [6.45, 7) is 2.11. The highest BCUT2D eigenvalue weighted by Gasteiger charge is 2.31. The number of benzene rings is 1. The lowest BCUT2D eigenvalue weighted by molar-refractivity contribution is -0.136. The number of carbonyl (C=O) groups excluding carboxylic acids is 1. The van der Waals surface area contributed by atoms with Crippen molar-refractivity contribution < 1.29 is 4.79 Å². The number of aromatic nitrogens is 2. The van der Waals surface area contributed by atoms with Crippen LogP contribution in [0, 0.1) is 11.8 Å². The summed E-state index contributed by atoms with van der Waals surface area (Å²) in [5.74, 6) is 1.42. The van der Waals surface area contributed by atoms with E-state index in [9.17, 15) is 9.59 Å². The summed E-state index contributed by atoms with van der Waals surface area (Å²) in [7, 11) is 0. The second-order valence-electron chi connectivity index (χ2n) is 7.14. The Morgan fingerprint density at radius 3 is 2.69 bits per heavy atom. The zero-order valence-corrected chi connectivity index (χ0v) is 15.5. The third-order valence-corrected chi connectivity index (χ3v) is 6.51. The van der Waals surface area contributed by atoms with E-state index in [0.717, 1.165) is 37.5 Å².